The van der Waals surface area contributed by atoms with Gasteiger partial charge in [0, 0.05) is 59.3 Å². The molecular weight excluding hydrogens is 340 g/mol. The first-order chi connectivity index (χ1) is 11.8. The Balaban J connectivity index is 2.11. The highest BCUT2D eigenvalue weighted by atomic mass is 32.2. The average molecular weight is 362 g/mol. The lowest BCUT2D eigenvalue weighted by atomic mass is 10.1. The first-order valence-corrected chi connectivity index (χ1v) is 9.93. The van der Waals surface area contributed by atoms with Gasteiger partial charge in [0.1, 0.15) is 11.6 Å². The molecule has 1 unspecified atom stereocenters. The summed E-state index contributed by atoms with van der Waals surface area (Å²) in [5.74, 6) is 1.19. The minimum atomic E-state index is -1.14. The van der Waals surface area contributed by atoms with E-state index in [1.54, 1.807) is 38.7 Å². The van der Waals surface area contributed by atoms with Crippen LogP contribution >= 0.6 is 0 Å². The van der Waals surface area contributed by atoms with Gasteiger partial charge in [-0.2, -0.15) is 0 Å². The molecule has 2 aromatic heterocycles. The standard InChI is InChI=1S/C18H22N2O4S/c1-12-6-14(8-19(2)18(12)22)15-9-20(11-25(3)23)17(21)7-16(15)24-10-13-4-5-13/h6-9,13H,4-5,10-11H2,1-3H3. The molecule has 0 radical (unpaired) electrons. The van der Waals surface area contributed by atoms with E-state index in [-0.39, 0.29) is 17.0 Å². The van der Waals surface area contributed by atoms with Crippen LogP contribution in [-0.2, 0) is 23.7 Å². The Morgan fingerprint density at radius 2 is 1.96 bits per heavy atom. The van der Waals surface area contributed by atoms with Gasteiger partial charge < -0.3 is 13.9 Å². The molecule has 134 valence electrons. The van der Waals surface area contributed by atoms with Gasteiger partial charge in [0.15, 0.2) is 0 Å². The Morgan fingerprint density at radius 3 is 2.56 bits per heavy atom. The first kappa shape index (κ1) is 17.7. The Labute approximate surface area is 148 Å². The smallest absolute Gasteiger partial charge is 0.255 e. The SMILES string of the molecule is Cc1cc(-c2cn(CS(C)=O)c(=O)cc2OCC2CC2)cn(C)c1=O. The lowest BCUT2D eigenvalue weighted by molar-refractivity contribution is 0.300. The van der Waals surface area contributed by atoms with E-state index in [2.05, 4.69) is 0 Å². The number of hydrogen-bond acceptors (Lipinski definition) is 4. The summed E-state index contributed by atoms with van der Waals surface area (Å²) >= 11 is 0. The number of rotatable bonds is 6. The third-order valence-electron chi connectivity index (χ3n) is 4.25. The van der Waals surface area contributed by atoms with Gasteiger partial charge in [0.25, 0.3) is 11.1 Å². The number of ether oxygens (including phenoxy) is 1. The van der Waals surface area contributed by atoms with Crippen molar-refractivity contribution >= 4 is 10.8 Å². The van der Waals surface area contributed by atoms with Crippen LogP contribution in [0.4, 0.5) is 0 Å². The van der Waals surface area contributed by atoms with Crippen molar-refractivity contribution < 1.29 is 8.95 Å². The van der Waals surface area contributed by atoms with Crippen LogP contribution in [0.2, 0.25) is 0 Å². The largest absolute Gasteiger partial charge is 0.492 e. The maximum absolute atomic E-state index is 12.3. The van der Waals surface area contributed by atoms with Gasteiger partial charge in [0.2, 0.25) is 0 Å². The van der Waals surface area contributed by atoms with E-state index < -0.39 is 10.8 Å². The molecule has 0 aliphatic heterocycles. The summed E-state index contributed by atoms with van der Waals surface area (Å²) in [5.41, 5.74) is 1.83. The fourth-order valence-corrected chi connectivity index (χ4v) is 3.30. The van der Waals surface area contributed by atoms with Crippen LogP contribution in [0.1, 0.15) is 18.4 Å². The molecule has 7 heteroatoms. The lowest BCUT2D eigenvalue weighted by Crippen LogP contribution is -2.22. The molecule has 1 fully saturated rings. The van der Waals surface area contributed by atoms with E-state index in [0.29, 0.717) is 23.8 Å². The van der Waals surface area contributed by atoms with Crippen LogP contribution in [0, 0.1) is 12.8 Å². The van der Waals surface area contributed by atoms with Crippen molar-refractivity contribution in [3.63, 3.8) is 0 Å². The number of aryl methyl sites for hydroxylation is 2. The fourth-order valence-electron chi connectivity index (χ4n) is 2.71. The summed E-state index contributed by atoms with van der Waals surface area (Å²) in [6.07, 6.45) is 7.26. The Kier molecular flexibility index (Phi) is 4.94. The van der Waals surface area contributed by atoms with Crippen LogP contribution < -0.4 is 15.9 Å². The van der Waals surface area contributed by atoms with Gasteiger partial charge in [-0.05, 0) is 31.7 Å². The predicted molar refractivity (Wildman–Crippen MR) is 98.4 cm³/mol. The third kappa shape index (κ3) is 4.10. The molecule has 2 heterocycles. The quantitative estimate of drug-likeness (QED) is 0.783. The molecule has 0 bridgehead atoms. The van der Waals surface area contributed by atoms with Crippen molar-refractivity contribution in [1.82, 2.24) is 9.13 Å². The van der Waals surface area contributed by atoms with Crippen LogP contribution in [-0.4, -0.2) is 26.2 Å². The van der Waals surface area contributed by atoms with Gasteiger partial charge in [-0.1, -0.05) is 0 Å². The summed E-state index contributed by atoms with van der Waals surface area (Å²) in [6.45, 7) is 2.34. The second kappa shape index (κ2) is 7.00. The molecule has 2 aromatic rings. The predicted octanol–water partition coefficient (Wildman–Crippen LogP) is 1.65. The van der Waals surface area contributed by atoms with E-state index in [1.165, 1.54) is 15.2 Å². The van der Waals surface area contributed by atoms with E-state index in [0.717, 1.165) is 24.0 Å². The molecule has 1 saturated carbocycles. The third-order valence-corrected chi connectivity index (χ3v) is 4.90. The summed E-state index contributed by atoms with van der Waals surface area (Å²) in [4.78, 5) is 24.3. The maximum atomic E-state index is 12.3. The zero-order valence-corrected chi connectivity index (χ0v) is 15.5. The van der Waals surface area contributed by atoms with Crippen molar-refractivity contribution in [1.29, 1.82) is 0 Å². The van der Waals surface area contributed by atoms with Crippen LogP contribution in [0.15, 0.2) is 34.1 Å². The fraction of sp³-hybridized carbons (Fsp3) is 0.444. The van der Waals surface area contributed by atoms with Gasteiger partial charge in [-0.3, -0.25) is 13.8 Å². The molecule has 0 amide bonds. The first-order valence-electron chi connectivity index (χ1n) is 8.20. The highest BCUT2D eigenvalue weighted by molar-refractivity contribution is 7.83. The zero-order chi connectivity index (χ0) is 18.1. The van der Waals surface area contributed by atoms with Crippen molar-refractivity contribution in [3.8, 4) is 16.9 Å². The van der Waals surface area contributed by atoms with Gasteiger partial charge in [-0.15, -0.1) is 0 Å². The van der Waals surface area contributed by atoms with E-state index in [4.69, 9.17) is 4.74 Å². The molecule has 0 aromatic carbocycles. The summed E-state index contributed by atoms with van der Waals surface area (Å²) < 4.78 is 20.4. The topological polar surface area (TPSA) is 70.3 Å². The van der Waals surface area contributed by atoms with Gasteiger partial charge >= 0.3 is 0 Å². The lowest BCUT2D eigenvalue weighted by Gasteiger charge is -2.15. The van der Waals surface area contributed by atoms with Crippen LogP contribution in [0.25, 0.3) is 11.1 Å². The van der Waals surface area contributed by atoms with Crippen molar-refractivity contribution in [2.24, 2.45) is 13.0 Å². The minimum Gasteiger partial charge on any atom is -0.492 e. The Bertz CT molecular complexity index is 915. The van der Waals surface area contributed by atoms with Crippen molar-refractivity contribution in [2.45, 2.75) is 25.6 Å². The van der Waals surface area contributed by atoms with Crippen LogP contribution in [0.3, 0.4) is 0 Å². The Morgan fingerprint density at radius 1 is 1.24 bits per heavy atom. The Hall–Kier alpha value is -2.15. The zero-order valence-electron chi connectivity index (χ0n) is 14.7. The number of nitrogens with zero attached hydrogens (tertiary/aromatic N) is 2. The molecule has 1 atom stereocenters. The molecule has 25 heavy (non-hydrogen) atoms. The molecule has 3 rings (SSSR count). The summed E-state index contributed by atoms with van der Waals surface area (Å²) in [6, 6.07) is 3.24. The molecule has 1 aliphatic carbocycles. The normalized spacial score (nSPS) is 15.2. The second-order valence-corrected chi connectivity index (χ2v) is 8.05. The van der Waals surface area contributed by atoms with E-state index in [1.807, 2.05) is 0 Å². The van der Waals surface area contributed by atoms with Crippen molar-refractivity contribution in [2.75, 3.05) is 12.9 Å². The van der Waals surface area contributed by atoms with Crippen LogP contribution in [0.5, 0.6) is 5.75 Å². The van der Waals surface area contributed by atoms with E-state index >= 15 is 0 Å². The highest BCUT2D eigenvalue weighted by Crippen LogP contribution is 2.33. The van der Waals surface area contributed by atoms with Gasteiger partial charge in [-0.25, -0.2) is 0 Å². The molecule has 6 nitrogen and oxygen atoms in total. The molecule has 1 aliphatic rings. The minimum absolute atomic E-state index is 0.0628. The van der Waals surface area contributed by atoms with Crippen molar-refractivity contribution in [3.05, 3.63) is 50.8 Å². The molecular formula is C18H22N2O4S. The summed E-state index contributed by atoms with van der Waals surface area (Å²) in [7, 11) is 0.550. The highest BCUT2D eigenvalue weighted by Gasteiger charge is 2.23. The number of aromatic nitrogens is 2. The number of hydrogen-bond donors (Lipinski definition) is 0. The van der Waals surface area contributed by atoms with E-state index in [9.17, 15) is 13.8 Å². The monoisotopic (exact) mass is 362 g/mol. The van der Waals surface area contributed by atoms with Gasteiger partial charge in [0.05, 0.1) is 6.61 Å². The average Bonchev–Trinajstić information content (AvgIpc) is 3.36. The molecule has 0 N–H and O–H groups in total. The molecule has 0 saturated heterocycles. The maximum Gasteiger partial charge on any atom is 0.255 e. The number of pyridine rings is 2. The summed E-state index contributed by atoms with van der Waals surface area (Å²) in [5, 5.41) is 0. The second-order valence-electron chi connectivity index (χ2n) is 6.64. The molecule has 0 spiro atoms.